The number of nitrogens with one attached hydrogen (secondary N) is 1. The van der Waals surface area contributed by atoms with Gasteiger partial charge in [0.05, 0.1) is 23.0 Å². The maximum Gasteiger partial charge on any atom is 0.322 e. The highest BCUT2D eigenvalue weighted by atomic mass is 35.5. The Hall–Kier alpha value is -3.40. The minimum Gasteiger partial charge on any atom is -0.471 e. The molecule has 0 aliphatic carbocycles. The Balaban J connectivity index is 1.68. The minimum absolute atomic E-state index is 0.0963. The van der Waals surface area contributed by atoms with Crippen LogP contribution in [-0.2, 0) is 13.8 Å². The molecule has 0 aliphatic heterocycles. The molecule has 0 spiro atoms. The Morgan fingerprint density at radius 2 is 2.22 bits per heavy atom. The number of carbonyl (C=O) groups is 1. The smallest absolute Gasteiger partial charge is 0.322 e. The van der Waals surface area contributed by atoms with Crippen LogP contribution in [0.1, 0.15) is 16.2 Å². The van der Waals surface area contributed by atoms with E-state index in [1.54, 1.807) is 24.3 Å². The lowest BCUT2D eigenvalue weighted by atomic mass is 10.3. The van der Waals surface area contributed by atoms with Gasteiger partial charge in [-0.05, 0) is 25.1 Å². The van der Waals surface area contributed by atoms with Gasteiger partial charge in [0, 0.05) is 12.1 Å². The SMILES string of the molecule is Cc1c([N+](=O)[O-])c(C(=O)Nc2cnn(COc3cccc(Cl)c3)c2)nn1C. The third-order valence-corrected chi connectivity index (χ3v) is 3.99. The van der Waals surface area contributed by atoms with Crippen LogP contribution in [-0.4, -0.2) is 30.4 Å². The standard InChI is InChI=1S/C16H15ClN6O4/c1-10-15(23(25)26)14(20-21(10)2)16(24)19-12-7-18-22(8-12)9-27-13-5-3-4-11(17)6-13/h3-8H,9H2,1-2H3,(H,19,24). The predicted molar refractivity (Wildman–Crippen MR) is 96.9 cm³/mol. The molecule has 1 aromatic carbocycles. The van der Waals surface area contributed by atoms with Gasteiger partial charge in [0.15, 0.2) is 6.73 Å². The molecule has 0 fully saturated rings. The van der Waals surface area contributed by atoms with Gasteiger partial charge in [0.25, 0.3) is 5.91 Å². The van der Waals surface area contributed by atoms with Crippen molar-refractivity contribution in [3.8, 4) is 5.75 Å². The van der Waals surface area contributed by atoms with Crippen LogP contribution in [0, 0.1) is 17.0 Å². The highest BCUT2D eigenvalue weighted by Gasteiger charge is 2.29. The lowest BCUT2D eigenvalue weighted by molar-refractivity contribution is -0.385. The Morgan fingerprint density at radius 3 is 2.93 bits per heavy atom. The summed E-state index contributed by atoms with van der Waals surface area (Å²) in [5, 5.41) is 22.3. The van der Waals surface area contributed by atoms with Crippen LogP contribution in [0.15, 0.2) is 36.7 Å². The van der Waals surface area contributed by atoms with Gasteiger partial charge in [0.2, 0.25) is 5.69 Å². The molecule has 0 bridgehead atoms. The van der Waals surface area contributed by atoms with E-state index in [0.717, 1.165) is 0 Å². The lowest BCUT2D eigenvalue weighted by Crippen LogP contribution is -2.14. The maximum atomic E-state index is 12.4. The number of nitro groups is 1. The van der Waals surface area contributed by atoms with Gasteiger partial charge in [-0.1, -0.05) is 17.7 Å². The molecule has 11 heteroatoms. The van der Waals surface area contributed by atoms with Crippen LogP contribution in [0.4, 0.5) is 11.4 Å². The van der Waals surface area contributed by atoms with E-state index in [-0.39, 0.29) is 23.8 Å². The second-order valence-electron chi connectivity index (χ2n) is 5.62. The van der Waals surface area contributed by atoms with Gasteiger partial charge < -0.3 is 10.1 Å². The van der Waals surface area contributed by atoms with Gasteiger partial charge in [-0.2, -0.15) is 10.2 Å². The molecule has 10 nitrogen and oxygen atoms in total. The summed E-state index contributed by atoms with van der Waals surface area (Å²) >= 11 is 5.89. The second-order valence-corrected chi connectivity index (χ2v) is 6.05. The summed E-state index contributed by atoms with van der Waals surface area (Å²) in [5.74, 6) is -0.121. The van der Waals surface area contributed by atoms with Crippen molar-refractivity contribution in [2.75, 3.05) is 5.32 Å². The summed E-state index contributed by atoms with van der Waals surface area (Å²) in [4.78, 5) is 22.9. The molecule has 0 aliphatic rings. The number of ether oxygens (including phenoxy) is 1. The Kier molecular flexibility index (Phi) is 5.08. The largest absolute Gasteiger partial charge is 0.471 e. The summed E-state index contributed by atoms with van der Waals surface area (Å²) in [6.07, 6.45) is 2.94. The zero-order valence-corrected chi connectivity index (χ0v) is 15.2. The fourth-order valence-electron chi connectivity index (χ4n) is 2.35. The molecular formula is C16H15ClN6O4. The number of halogens is 1. The molecule has 27 heavy (non-hydrogen) atoms. The van der Waals surface area contributed by atoms with E-state index < -0.39 is 10.8 Å². The molecule has 3 aromatic rings. The van der Waals surface area contributed by atoms with Crippen molar-refractivity contribution in [1.82, 2.24) is 19.6 Å². The molecule has 2 aromatic heterocycles. The van der Waals surface area contributed by atoms with Gasteiger partial charge in [-0.3, -0.25) is 19.6 Å². The van der Waals surface area contributed by atoms with Gasteiger partial charge in [0.1, 0.15) is 11.4 Å². The molecule has 1 amide bonds. The van der Waals surface area contributed by atoms with Crippen molar-refractivity contribution in [1.29, 1.82) is 0 Å². The molecule has 2 heterocycles. The van der Waals surface area contributed by atoms with Crippen molar-refractivity contribution in [3.63, 3.8) is 0 Å². The first-order valence-electron chi connectivity index (χ1n) is 7.75. The first-order chi connectivity index (χ1) is 12.8. The van der Waals surface area contributed by atoms with E-state index in [1.807, 2.05) is 0 Å². The van der Waals surface area contributed by atoms with Crippen LogP contribution in [0.2, 0.25) is 5.02 Å². The predicted octanol–water partition coefficient (Wildman–Crippen LogP) is 2.78. The van der Waals surface area contributed by atoms with E-state index in [0.29, 0.717) is 16.5 Å². The number of nitrogens with zero attached hydrogens (tertiary/aromatic N) is 5. The van der Waals surface area contributed by atoms with Crippen LogP contribution in [0.25, 0.3) is 0 Å². The number of amides is 1. The summed E-state index contributed by atoms with van der Waals surface area (Å²) in [5.41, 5.74) is 0.0534. The van der Waals surface area contributed by atoms with Gasteiger partial charge in [-0.25, -0.2) is 4.68 Å². The monoisotopic (exact) mass is 390 g/mol. The number of anilines is 1. The van der Waals surface area contributed by atoms with Crippen molar-refractivity contribution in [2.24, 2.45) is 7.05 Å². The Labute approximate surface area is 158 Å². The van der Waals surface area contributed by atoms with Crippen molar-refractivity contribution in [3.05, 3.63) is 63.2 Å². The van der Waals surface area contributed by atoms with Gasteiger partial charge >= 0.3 is 5.69 Å². The molecule has 0 saturated heterocycles. The normalized spacial score (nSPS) is 10.6. The van der Waals surface area contributed by atoms with E-state index in [1.165, 1.54) is 35.7 Å². The van der Waals surface area contributed by atoms with Crippen LogP contribution in [0.3, 0.4) is 0 Å². The molecule has 140 valence electrons. The van der Waals surface area contributed by atoms with Crippen LogP contribution < -0.4 is 10.1 Å². The van der Waals surface area contributed by atoms with E-state index in [4.69, 9.17) is 16.3 Å². The molecule has 1 N–H and O–H groups in total. The average molecular weight is 391 g/mol. The molecular weight excluding hydrogens is 376 g/mol. The first-order valence-corrected chi connectivity index (χ1v) is 8.13. The summed E-state index contributed by atoms with van der Waals surface area (Å²) in [6, 6.07) is 6.90. The molecule has 0 saturated carbocycles. The summed E-state index contributed by atoms with van der Waals surface area (Å²) < 4.78 is 8.28. The molecule has 0 radical (unpaired) electrons. The maximum absolute atomic E-state index is 12.4. The van der Waals surface area contributed by atoms with Crippen LogP contribution >= 0.6 is 11.6 Å². The number of carbonyl (C=O) groups excluding carboxylic acids is 1. The van der Waals surface area contributed by atoms with Crippen molar-refractivity contribution >= 4 is 28.9 Å². The van der Waals surface area contributed by atoms with Gasteiger partial charge in [-0.15, -0.1) is 0 Å². The average Bonchev–Trinajstić information content (AvgIpc) is 3.18. The number of aromatic nitrogens is 4. The number of hydrogen-bond donors (Lipinski definition) is 1. The van der Waals surface area contributed by atoms with E-state index in [9.17, 15) is 14.9 Å². The Morgan fingerprint density at radius 1 is 1.44 bits per heavy atom. The third-order valence-electron chi connectivity index (χ3n) is 3.75. The quantitative estimate of drug-likeness (QED) is 0.510. The number of benzene rings is 1. The number of hydrogen-bond acceptors (Lipinski definition) is 6. The van der Waals surface area contributed by atoms with E-state index >= 15 is 0 Å². The summed E-state index contributed by atoms with van der Waals surface area (Å²) in [6.45, 7) is 1.62. The fraction of sp³-hybridized carbons (Fsp3) is 0.188. The first kappa shape index (κ1) is 18.4. The molecule has 0 unspecified atom stereocenters. The second kappa shape index (κ2) is 7.46. The lowest BCUT2D eigenvalue weighted by Gasteiger charge is -2.06. The zero-order chi connectivity index (χ0) is 19.6. The topological polar surface area (TPSA) is 117 Å². The van der Waals surface area contributed by atoms with E-state index in [2.05, 4.69) is 15.5 Å². The highest BCUT2D eigenvalue weighted by molar-refractivity contribution is 6.30. The number of rotatable bonds is 6. The minimum atomic E-state index is -0.694. The number of aryl methyl sites for hydroxylation is 1. The molecule has 0 atom stereocenters. The highest BCUT2D eigenvalue weighted by Crippen LogP contribution is 2.23. The van der Waals surface area contributed by atoms with Crippen LogP contribution in [0.5, 0.6) is 5.75 Å². The Bertz CT molecular complexity index is 1010. The van der Waals surface area contributed by atoms with Crippen molar-refractivity contribution < 1.29 is 14.5 Å². The zero-order valence-electron chi connectivity index (χ0n) is 14.4. The summed E-state index contributed by atoms with van der Waals surface area (Å²) in [7, 11) is 1.53. The molecule has 3 rings (SSSR count). The fourth-order valence-corrected chi connectivity index (χ4v) is 2.54. The van der Waals surface area contributed by atoms with Crippen molar-refractivity contribution in [2.45, 2.75) is 13.7 Å². The third kappa shape index (κ3) is 4.06.